The average Bonchev–Trinajstić information content (AvgIpc) is 3.24. The van der Waals surface area contributed by atoms with Gasteiger partial charge in [0, 0.05) is 23.4 Å². The summed E-state index contributed by atoms with van der Waals surface area (Å²) >= 11 is 0. The van der Waals surface area contributed by atoms with Gasteiger partial charge in [-0.3, -0.25) is 9.89 Å². The molecule has 11 heteroatoms. The highest BCUT2D eigenvalue weighted by Crippen LogP contribution is 2.34. The third-order valence-corrected chi connectivity index (χ3v) is 7.05. The molecule has 36 heavy (non-hydrogen) atoms. The largest absolute Gasteiger partial charge is 0.382 e. The molecule has 0 aliphatic heterocycles. The number of urea groups is 1. The fourth-order valence-electron chi connectivity index (χ4n) is 3.84. The first-order valence-corrected chi connectivity index (χ1v) is 12.8. The van der Waals surface area contributed by atoms with Crippen molar-refractivity contribution in [2.75, 3.05) is 29.2 Å². The fourth-order valence-corrected chi connectivity index (χ4v) is 4.50. The normalized spacial score (nSPS) is 11.4. The highest BCUT2D eigenvalue weighted by atomic mass is 32.2. The standard InChI is InChI=1S/C25H26N6O4S/c1-15-4-3-5-18(14-15)29-25(33)28-17-8-6-16(7-9-17)19-10-11-20(23-22(19)24(26)31-30-23)21(32)12-13-36(34,35)27-2/h3-11,14,27H,12-13H2,1-2H3,(H3,26,30,31)(H2,28,29,33). The fraction of sp³-hybridized carbons (Fsp3) is 0.160. The van der Waals surface area contributed by atoms with E-state index < -0.39 is 10.0 Å². The van der Waals surface area contributed by atoms with Crippen molar-refractivity contribution in [2.24, 2.45) is 0 Å². The molecule has 2 amide bonds. The van der Waals surface area contributed by atoms with Crippen LogP contribution in [0.1, 0.15) is 22.3 Å². The van der Waals surface area contributed by atoms with Crippen LogP contribution >= 0.6 is 0 Å². The maximum absolute atomic E-state index is 12.7. The second-order valence-electron chi connectivity index (χ2n) is 8.24. The molecule has 0 radical (unpaired) electrons. The number of nitrogens with one attached hydrogen (secondary N) is 4. The lowest BCUT2D eigenvalue weighted by Crippen LogP contribution is -2.23. The number of anilines is 3. The number of Topliss-reactive ketones (excluding diaryl/α,β-unsaturated/α-hetero) is 1. The second kappa shape index (κ2) is 10.2. The van der Waals surface area contributed by atoms with E-state index in [0.717, 1.165) is 16.7 Å². The molecule has 3 aromatic carbocycles. The minimum absolute atomic E-state index is 0.179. The molecule has 1 aromatic heterocycles. The smallest absolute Gasteiger partial charge is 0.323 e. The van der Waals surface area contributed by atoms with Crippen molar-refractivity contribution in [1.82, 2.24) is 14.9 Å². The van der Waals surface area contributed by atoms with Crippen LogP contribution in [0.2, 0.25) is 0 Å². The summed E-state index contributed by atoms with van der Waals surface area (Å²) in [5, 5.41) is 13.0. The van der Waals surface area contributed by atoms with Crippen LogP contribution in [0.3, 0.4) is 0 Å². The lowest BCUT2D eigenvalue weighted by Gasteiger charge is -2.11. The molecule has 4 aromatic rings. The van der Waals surface area contributed by atoms with Gasteiger partial charge in [-0.2, -0.15) is 5.10 Å². The van der Waals surface area contributed by atoms with Crippen molar-refractivity contribution in [3.8, 4) is 11.1 Å². The number of carbonyl (C=O) groups is 2. The van der Waals surface area contributed by atoms with Gasteiger partial charge in [-0.15, -0.1) is 0 Å². The molecule has 6 N–H and O–H groups in total. The van der Waals surface area contributed by atoms with Crippen LogP contribution in [-0.4, -0.2) is 43.2 Å². The number of nitrogens with two attached hydrogens (primary N) is 1. The van der Waals surface area contributed by atoms with Gasteiger partial charge in [-0.25, -0.2) is 17.9 Å². The van der Waals surface area contributed by atoms with Crippen LogP contribution in [0.4, 0.5) is 22.0 Å². The number of rotatable bonds is 8. The number of hydrogen-bond donors (Lipinski definition) is 5. The lowest BCUT2D eigenvalue weighted by molar-refractivity contribution is 0.0990. The number of hydrogen-bond acceptors (Lipinski definition) is 6. The Morgan fingerprint density at radius 3 is 2.42 bits per heavy atom. The van der Waals surface area contributed by atoms with Crippen LogP contribution in [0.15, 0.2) is 60.7 Å². The summed E-state index contributed by atoms with van der Waals surface area (Å²) in [6, 6.07) is 17.7. The molecule has 0 fully saturated rings. The second-order valence-corrected chi connectivity index (χ2v) is 10.3. The van der Waals surface area contributed by atoms with E-state index in [9.17, 15) is 18.0 Å². The Morgan fingerprint density at radius 1 is 1.00 bits per heavy atom. The predicted molar refractivity (Wildman–Crippen MR) is 142 cm³/mol. The molecular weight excluding hydrogens is 480 g/mol. The molecule has 0 aliphatic rings. The number of amides is 2. The van der Waals surface area contributed by atoms with Gasteiger partial charge in [0.05, 0.1) is 16.7 Å². The first-order chi connectivity index (χ1) is 17.2. The zero-order valence-corrected chi connectivity index (χ0v) is 20.6. The Hall–Kier alpha value is -4.22. The van der Waals surface area contributed by atoms with E-state index in [1.807, 2.05) is 43.3 Å². The molecule has 0 saturated heterocycles. The van der Waals surface area contributed by atoms with E-state index in [-0.39, 0.29) is 29.8 Å². The summed E-state index contributed by atoms with van der Waals surface area (Å²) in [5.74, 6) is -0.438. The highest BCUT2D eigenvalue weighted by Gasteiger charge is 2.19. The molecule has 0 aliphatic carbocycles. The number of aromatic amines is 1. The maximum Gasteiger partial charge on any atom is 0.323 e. The average molecular weight is 507 g/mol. The summed E-state index contributed by atoms with van der Waals surface area (Å²) < 4.78 is 25.6. The predicted octanol–water partition coefficient (Wildman–Crippen LogP) is 3.89. The van der Waals surface area contributed by atoms with Crippen molar-refractivity contribution in [3.63, 3.8) is 0 Å². The van der Waals surface area contributed by atoms with E-state index in [1.165, 1.54) is 7.05 Å². The van der Waals surface area contributed by atoms with Gasteiger partial charge in [0.15, 0.2) is 11.6 Å². The Balaban J connectivity index is 1.54. The van der Waals surface area contributed by atoms with Crippen molar-refractivity contribution in [3.05, 3.63) is 71.8 Å². The van der Waals surface area contributed by atoms with E-state index in [2.05, 4.69) is 25.6 Å². The van der Waals surface area contributed by atoms with Crippen LogP contribution in [0.5, 0.6) is 0 Å². The van der Waals surface area contributed by atoms with Crippen molar-refractivity contribution < 1.29 is 18.0 Å². The lowest BCUT2D eigenvalue weighted by atomic mass is 9.96. The minimum Gasteiger partial charge on any atom is -0.382 e. The quantitative estimate of drug-likeness (QED) is 0.228. The minimum atomic E-state index is -3.51. The summed E-state index contributed by atoms with van der Waals surface area (Å²) in [6.45, 7) is 1.95. The van der Waals surface area contributed by atoms with E-state index >= 15 is 0 Å². The zero-order chi connectivity index (χ0) is 25.9. The number of benzene rings is 3. The molecule has 0 bridgehead atoms. The van der Waals surface area contributed by atoms with Crippen molar-refractivity contribution >= 4 is 49.9 Å². The molecule has 4 rings (SSSR count). The van der Waals surface area contributed by atoms with Gasteiger partial charge in [-0.1, -0.05) is 30.3 Å². The topological polar surface area (TPSA) is 159 Å². The van der Waals surface area contributed by atoms with Crippen LogP contribution in [-0.2, 0) is 10.0 Å². The van der Waals surface area contributed by atoms with Crippen LogP contribution < -0.4 is 21.1 Å². The molecule has 0 saturated carbocycles. The van der Waals surface area contributed by atoms with Gasteiger partial charge in [-0.05, 0) is 61.0 Å². The first kappa shape index (κ1) is 24.9. The molecule has 0 spiro atoms. The number of carbonyl (C=O) groups excluding carboxylic acids is 2. The third-order valence-electron chi connectivity index (χ3n) is 5.69. The van der Waals surface area contributed by atoms with Crippen LogP contribution in [0.25, 0.3) is 22.0 Å². The molecular formula is C25H26N6O4S. The number of nitrogens with zero attached hydrogens (tertiary/aromatic N) is 1. The first-order valence-electron chi connectivity index (χ1n) is 11.1. The Kier molecular flexibility index (Phi) is 7.04. The summed E-state index contributed by atoms with van der Waals surface area (Å²) in [6.07, 6.45) is -0.179. The molecule has 10 nitrogen and oxygen atoms in total. The monoisotopic (exact) mass is 506 g/mol. The highest BCUT2D eigenvalue weighted by molar-refractivity contribution is 7.89. The number of H-pyrrole nitrogens is 1. The molecule has 1 heterocycles. The summed E-state index contributed by atoms with van der Waals surface area (Å²) in [5.41, 5.74) is 10.7. The van der Waals surface area contributed by atoms with Gasteiger partial charge in [0.1, 0.15) is 0 Å². The number of nitrogen functional groups attached to an aromatic ring is 1. The SMILES string of the molecule is CNS(=O)(=O)CCC(=O)c1ccc(-c2ccc(NC(=O)Nc3cccc(C)c3)cc2)c2c(N)n[nH]c12. The van der Waals surface area contributed by atoms with Gasteiger partial charge < -0.3 is 16.4 Å². The number of aryl methyl sites for hydroxylation is 1. The molecule has 186 valence electrons. The van der Waals surface area contributed by atoms with Gasteiger partial charge in [0.25, 0.3) is 0 Å². The van der Waals surface area contributed by atoms with Crippen molar-refractivity contribution in [1.29, 1.82) is 0 Å². The maximum atomic E-state index is 12.7. The Morgan fingerprint density at radius 2 is 1.72 bits per heavy atom. The van der Waals surface area contributed by atoms with Gasteiger partial charge >= 0.3 is 6.03 Å². The molecule has 0 atom stereocenters. The van der Waals surface area contributed by atoms with E-state index in [0.29, 0.717) is 27.8 Å². The number of ketones is 1. The Labute approximate surface area is 208 Å². The Bertz CT molecular complexity index is 1540. The zero-order valence-electron chi connectivity index (χ0n) is 19.8. The number of aromatic nitrogens is 2. The van der Waals surface area contributed by atoms with Crippen LogP contribution in [0, 0.1) is 6.92 Å². The molecule has 0 unspecified atom stereocenters. The number of fused-ring (bicyclic) bond motifs is 1. The van der Waals surface area contributed by atoms with E-state index in [1.54, 1.807) is 24.3 Å². The van der Waals surface area contributed by atoms with Crippen molar-refractivity contribution in [2.45, 2.75) is 13.3 Å². The van der Waals surface area contributed by atoms with Gasteiger partial charge in [0.2, 0.25) is 10.0 Å². The summed E-state index contributed by atoms with van der Waals surface area (Å²) in [7, 11) is -2.20. The third kappa shape index (κ3) is 5.53. The van der Waals surface area contributed by atoms with E-state index in [4.69, 9.17) is 5.73 Å². The number of sulfonamides is 1. The summed E-state index contributed by atoms with van der Waals surface area (Å²) in [4.78, 5) is 25.1.